The summed E-state index contributed by atoms with van der Waals surface area (Å²) in [5.41, 5.74) is 0. The van der Waals surface area contributed by atoms with Crippen LogP contribution in [-0.4, -0.2) is 26.4 Å². The third kappa shape index (κ3) is 1.62. The third-order valence-electron chi connectivity index (χ3n) is 3.13. The van der Waals surface area contributed by atoms with Crippen molar-refractivity contribution in [3.05, 3.63) is 10.8 Å². The van der Waals surface area contributed by atoms with Crippen molar-refractivity contribution in [2.75, 3.05) is 6.54 Å². The molecule has 2 unspecified atom stereocenters. The lowest BCUT2D eigenvalue weighted by Crippen LogP contribution is -2.30. The second-order valence-corrected chi connectivity index (χ2v) is 5.51. The van der Waals surface area contributed by atoms with Gasteiger partial charge in [-0.05, 0) is 32.2 Å². The predicted octanol–water partition coefficient (Wildman–Crippen LogP) is 1.55. The molecule has 0 spiro atoms. The molecule has 1 aliphatic rings. The number of rotatable bonds is 1. The number of hydrogen-bond acceptors (Lipinski definition) is 5. The Balaban J connectivity index is 1.93. The molecule has 0 bridgehead atoms. The van der Waals surface area contributed by atoms with Gasteiger partial charge in [0, 0.05) is 0 Å². The van der Waals surface area contributed by atoms with Crippen LogP contribution in [0, 0.1) is 12.8 Å². The number of piperidine rings is 1. The van der Waals surface area contributed by atoms with E-state index in [1.807, 2.05) is 11.4 Å². The summed E-state index contributed by atoms with van der Waals surface area (Å²) in [5.74, 6) is 1.64. The zero-order valence-corrected chi connectivity index (χ0v) is 10.3. The average Bonchev–Trinajstić information content (AvgIpc) is 2.81. The summed E-state index contributed by atoms with van der Waals surface area (Å²) < 4.78 is 1.83. The van der Waals surface area contributed by atoms with Gasteiger partial charge in [0.1, 0.15) is 5.01 Å². The standard InChI is InChI=1S/C10H15N5S/c1-6-3-4-11-8(5-6)9-14-15-7(2)12-13-10(15)16-9/h6,8,11H,3-5H2,1-2H3. The van der Waals surface area contributed by atoms with Crippen LogP contribution in [0.4, 0.5) is 0 Å². The van der Waals surface area contributed by atoms with E-state index in [-0.39, 0.29) is 0 Å². The maximum atomic E-state index is 4.58. The van der Waals surface area contributed by atoms with Gasteiger partial charge in [0.15, 0.2) is 5.82 Å². The zero-order valence-electron chi connectivity index (χ0n) is 9.47. The predicted molar refractivity (Wildman–Crippen MR) is 62.5 cm³/mol. The number of aromatic nitrogens is 4. The van der Waals surface area contributed by atoms with E-state index in [9.17, 15) is 0 Å². The second kappa shape index (κ2) is 3.78. The minimum absolute atomic E-state index is 0.398. The van der Waals surface area contributed by atoms with Gasteiger partial charge in [-0.15, -0.1) is 10.2 Å². The monoisotopic (exact) mass is 237 g/mol. The fraction of sp³-hybridized carbons (Fsp3) is 0.700. The first-order chi connectivity index (χ1) is 7.74. The average molecular weight is 237 g/mol. The van der Waals surface area contributed by atoms with Crippen LogP contribution in [-0.2, 0) is 0 Å². The van der Waals surface area contributed by atoms with Crippen molar-refractivity contribution in [3.63, 3.8) is 0 Å². The van der Waals surface area contributed by atoms with Gasteiger partial charge in [-0.25, -0.2) is 0 Å². The topological polar surface area (TPSA) is 55.1 Å². The van der Waals surface area contributed by atoms with Gasteiger partial charge in [0.25, 0.3) is 0 Å². The molecule has 0 amide bonds. The largest absolute Gasteiger partial charge is 0.308 e. The van der Waals surface area contributed by atoms with Gasteiger partial charge < -0.3 is 5.32 Å². The van der Waals surface area contributed by atoms with E-state index in [0.717, 1.165) is 28.3 Å². The molecule has 16 heavy (non-hydrogen) atoms. The lowest BCUT2D eigenvalue weighted by Gasteiger charge is -2.26. The molecule has 5 nitrogen and oxygen atoms in total. The smallest absolute Gasteiger partial charge is 0.234 e. The summed E-state index contributed by atoms with van der Waals surface area (Å²) in [6.45, 7) is 5.32. The van der Waals surface area contributed by atoms with Gasteiger partial charge >= 0.3 is 0 Å². The van der Waals surface area contributed by atoms with Gasteiger partial charge in [-0.3, -0.25) is 0 Å². The molecule has 2 aromatic rings. The van der Waals surface area contributed by atoms with Crippen LogP contribution in [0.1, 0.15) is 36.6 Å². The van der Waals surface area contributed by atoms with Crippen LogP contribution in [0.5, 0.6) is 0 Å². The summed E-state index contributed by atoms with van der Waals surface area (Å²) in [4.78, 5) is 0.896. The van der Waals surface area contributed by atoms with Gasteiger partial charge in [0.05, 0.1) is 6.04 Å². The number of aryl methyl sites for hydroxylation is 1. The molecule has 1 N–H and O–H groups in total. The first-order valence-electron chi connectivity index (χ1n) is 5.66. The van der Waals surface area contributed by atoms with Crippen molar-refractivity contribution in [1.29, 1.82) is 0 Å². The van der Waals surface area contributed by atoms with Crippen molar-refractivity contribution in [3.8, 4) is 0 Å². The quantitative estimate of drug-likeness (QED) is 0.817. The van der Waals surface area contributed by atoms with Crippen LogP contribution < -0.4 is 5.32 Å². The van der Waals surface area contributed by atoms with Crippen molar-refractivity contribution in [2.45, 2.75) is 32.7 Å². The first kappa shape index (κ1) is 10.2. The van der Waals surface area contributed by atoms with Crippen LogP contribution in [0.25, 0.3) is 4.96 Å². The summed E-state index contributed by atoms with van der Waals surface area (Å²) in [7, 11) is 0. The van der Waals surface area contributed by atoms with Crippen LogP contribution in [0.3, 0.4) is 0 Å². The number of fused-ring (bicyclic) bond motifs is 1. The highest BCUT2D eigenvalue weighted by atomic mass is 32.1. The summed E-state index contributed by atoms with van der Waals surface area (Å²) in [6, 6.07) is 0.398. The third-order valence-corrected chi connectivity index (χ3v) is 4.14. The van der Waals surface area contributed by atoms with Crippen molar-refractivity contribution in [2.24, 2.45) is 5.92 Å². The van der Waals surface area contributed by atoms with Gasteiger partial charge in [-0.2, -0.15) is 9.61 Å². The maximum Gasteiger partial charge on any atom is 0.234 e. The van der Waals surface area contributed by atoms with Crippen LogP contribution >= 0.6 is 11.3 Å². The Hall–Kier alpha value is -1.01. The molecule has 0 radical (unpaired) electrons. The summed E-state index contributed by atoms with van der Waals surface area (Å²) in [6.07, 6.45) is 2.43. The van der Waals surface area contributed by atoms with E-state index in [0.29, 0.717) is 6.04 Å². The Bertz CT molecular complexity index is 502. The maximum absolute atomic E-state index is 4.58. The summed E-state index contributed by atoms with van der Waals surface area (Å²) >= 11 is 1.64. The lowest BCUT2D eigenvalue weighted by molar-refractivity contribution is 0.323. The molecular weight excluding hydrogens is 222 g/mol. The second-order valence-electron chi connectivity index (χ2n) is 4.52. The normalized spacial score (nSPS) is 26.4. The molecular formula is C10H15N5S. The highest BCUT2D eigenvalue weighted by Gasteiger charge is 2.23. The van der Waals surface area contributed by atoms with Crippen LogP contribution in [0.2, 0.25) is 0 Å². The van der Waals surface area contributed by atoms with Gasteiger partial charge in [0.2, 0.25) is 4.96 Å². The molecule has 1 fully saturated rings. The molecule has 3 heterocycles. The summed E-state index contributed by atoms with van der Waals surface area (Å²) in [5, 5.41) is 17.3. The molecule has 2 aromatic heterocycles. The van der Waals surface area contributed by atoms with E-state index in [1.54, 1.807) is 11.3 Å². The Morgan fingerprint density at radius 3 is 3.06 bits per heavy atom. The molecule has 0 aromatic carbocycles. The van der Waals surface area contributed by atoms with E-state index in [2.05, 4.69) is 27.5 Å². The number of nitrogens with zero attached hydrogens (tertiary/aromatic N) is 4. The van der Waals surface area contributed by atoms with Crippen LogP contribution in [0.15, 0.2) is 0 Å². The Labute approximate surface area is 97.9 Å². The van der Waals surface area contributed by atoms with Crippen molar-refractivity contribution in [1.82, 2.24) is 25.1 Å². The van der Waals surface area contributed by atoms with E-state index >= 15 is 0 Å². The SMILES string of the molecule is Cc1nnc2sc(C3CC(C)CCN3)nn12. The highest BCUT2D eigenvalue weighted by Crippen LogP contribution is 2.29. The fourth-order valence-corrected chi connectivity index (χ4v) is 3.14. The van der Waals surface area contributed by atoms with E-state index < -0.39 is 0 Å². The minimum atomic E-state index is 0.398. The first-order valence-corrected chi connectivity index (χ1v) is 6.48. The van der Waals surface area contributed by atoms with E-state index in [1.165, 1.54) is 12.8 Å². The molecule has 3 rings (SSSR count). The van der Waals surface area contributed by atoms with E-state index in [4.69, 9.17) is 0 Å². The van der Waals surface area contributed by atoms with Crippen molar-refractivity contribution >= 4 is 16.3 Å². The molecule has 2 atom stereocenters. The molecule has 1 saturated heterocycles. The molecule has 0 saturated carbocycles. The highest BCUT2D eigenvalue weighted by molar-refractivity contribution is 7.16. The lowest BCUT2D eigenvalue weighted by atomic mass is 9.95. The number of hydrogen-bond donors (Lipinski definition) is 1. The Morgan fingerprint density at radius 1 is 1.44 bits per heavy atom. The minimum Gasteiger partial charge on any atom is -0.308 e. The Morgan fingerprint density at radius 2 is 2.31 bits per heavy atom. The molecule has 1 aliphatic heterocycles. The van der Waals surface area contributed by atoms with Gasteiger partial charge in [-0.1, -0.05) is 18.3 Å². The zero-order chi connectivity index (χ0) is 11.1. The van der Waals surface area contributed by atoms with Crippen molar-refractivity contribution < 1.29 is 0 Å². The molecule has 86 valence electrons. The molecule has 0 aliphatic carbocycles. The number of nitrogens with one attached hydrogen (secondary N) is 1. The Kier molecular flexibility index (Phi) is 2.40. The molecule has 6 heteroatoms. The fourth-order valence-electron chi connectivity index (χ4n) is 2.17.